The van der Waals surface area contributed by atoms with Crippen molar-refractivity contribution >= 4 is 5.57 Å². The largest absolute Gasteiger partial charge is 0.256 e. The Bertz CT molecular complexity index is 2240. The summed E-state index contributed by atoms with van der Waals surface area (Å²) in [5.41, 5.74) is 10.9. The van der Waals surface area contributed by atoms with Crippen LogP contribution in [0.3, 0.4) is 0 Å². The van der Waals surface area contributed by atoms with Crippen molar-refractivity contribution in [1.29, 1.82) is 0 Å². The maximum Gasteiger partial charge on any atom is 0.164 e. The Morgan fingerprint density at radius 1 is 0.388 bits per heavy atom. The molecule has 0 spiro atoms. The van der Waals surface area contributed by atoms with Crippen molar-refractivity contribution in [2.24, 2.45) is 0 Å². The molecule has 0 saturated carbocycles. The van der Waals surface area contributed by atoms with Gasteiger partial charge in [-0.3, -0.25) is 9.97 Å². The van der Waals surface area contributed by atoms with Gasteiger partial charge in [0.1, 0.15) is 0 Å². The lowest BCUT2D eigenvalue weighted by molar-refractivity contribution is 1.07. The van der Waals surface area contributed by atoms with Crippen LogP contribution >= 0.6 is 0 Å². The van der Waals surface area contributed by atoms with Gasteiger partial charge in [0.25, 0.3) is 0 Å². The van der Waals surface area contributed by atoms with E-state index in [1.807, 2.05) is 79.1 Å². The molecular weight excluding hydrogens is 599 g/mol. The van der Waals surface area contributed by atoms with E-state index in [-0.39, 0.29) is 0 Å². The molecule has 49 heavy (non-hydrogen) atoms. The van der Waals surface area contributed by atoms with Crippen LogP contribution in [-0.2, 0) is 0 Å². The number of hydrogen-bond acceptors (Lipinski definition) is 5. The van der Waals surface area contributed by atoms with Gasteiger partial charge in [-0.2, -0.15) is 0 Å². The van der Waals surface area contributed by atoms with Gasteiger partial charge in [0.05, 0.1) is 11.4 Å². The summed E-state index contributed by atoms with van der Waals surface area (Å²) < 4.78 is 0. The van der Waals surface area contributed by atoms with E-state index >= 15 is 0 Å². The topological polar surface area (TPSA) is 64.5 Å². The molecule has 3 heterocycles. The van der Waals surface area contributed by atoms with E-state index in [2.05, 4.69) is 107 Å². The average molecular weight is 630 g/mol. The van der Waals surface area contributed by atoms with Crippen LogP contribution in [0, 0.1) is 0 Å². The molecule has 0 radical (unpaired) electrons. The Labute approximate surface area is 285 Å². The zero-order valence-electron chi connectivity index (χ0n) is 26.7. The van der Waals surface area contributed by atoms with Crippen LogP contribution in [0.15, 0.2) is 176 Å². The maximum absolute atomic E-state index is 5.15. The third-order valence-corrected chi connectivity index (χ3v) is 8.41. The molecule has 0 fully saturated rings. The van der Waals surface area contributed by atoms with Crippen LogP contribution in [0.25, 0.3) is 73.4 Å². The Kier molecular flexibility index (Phi) is 8.29. The fourth-order valence-corrected chi connectivity index (χ4v) is 5.96. The molecule has 0 aliphatic heterocycles. The molecule has 0 saturated heterocycles. The summed E-state index contributed by atoms with van der Waals surface area (Å²) in [6.07, 6.45) is 15.3. The molecule has 0 atom stereocenters. The predicted molar refractivity (Wildman–Crippen MR) is 199 cm³/mol. The van der Waals surface area contributed by atoms with Crippen molar-refractivity contribution in [2.75, 3.05) is 0 Å². The SMILES string of the molecule is C1=CCC=CC(c2cc(-c3ccccc3)cc(-c3nc(-c4cccc(-c5ccccn5)c4)nc(-c4cccc(-c5ccccn5)c4)n3)c2)=C1. The van der Waals surface area contributed by atoms with E-state index in [1.54, 1.807) is 0 Å². The Hall–Kier alpha value is -6.59. The second-order valence-corrected chi connectivity index (χ2v) is 11.8. The first-order valence-corrected chi connectivity index (χ1v) is 16.3. The van der Waals surface area contributed by atoms with Gasteiger partial charge in [0.2, 0.25) is 0 Å². The van der Waals surface area contributed by atoms with Gasteiger partial charge in [-0.15, -0.1) is 0 Å². The van der Waals surface area contributed by atoms with Gasteiger partial charge in [0.15, 0.2) is 17.5 Å². The molecule has 5 heteroatoms. The number of pyridine rings is 2. The third kappa shape index (κ3) is 6.64. The lowest BCUT2D eigenvalue weighted by Gasteiger charge is -2.13. The van der Waals surface area contributed by atoms with Crippen molar-refractivity contribution < 1.29 is 0 Å². The molecule has 5 nitrogen and oxygen atoms in total. The highest BCUT2D eigenvalue weighted by Crippen LogP contribution is 2.34. The summed E-state index contributed by atoms with van der Waals surface area (Å²) in [6, 6.07) is 45.3. The highest BCUT2D eigenvalue weighted by molar-refractivity contribution is 5.83. The summed E-state index contributed by atoms with van der Waals surface area (Å²) >= 11 is 0. The van der Waals surface area contributed by atoms with Crippen molar-refractivity contribution in [3.63, 3.8) is 0 Å². The monoisotopic (exact) mass is 629 g/mol. The van der Waals surface area contributed by atoms with E-state index in [0.29, 0.717) is 17.5 Å². The molecule has 7 aromatic rings. The van der Waals surface area contributed by atoms with E-state index in [9.17, 15) is 0 Å². The molecule has 3 aromatic heterocycles. The number of hydrogen-bond donors (Lipinski definition) is 0. The minimum absolute atomic E-state index is 0.587. The standard InChI is InChI=1S/C44H31N5/c1-2-5-15-31(14-4-1)37-28-38(32-16-6-3-7-17-32)30-39(29-37)44-48-42(35-20-12-18-33(26-35)40-22-8-10-24-45-40)47-43(49-44)36-21-13-19-34(27-36)41-23-9-11-25-46-41/h1,3-30H,2H2. The highest BCUT2D eigenvalue weighted by atomic mass is 15.0. The second kappa shape index (κ2) is 13.6. The lowest BCUT2D eigenvalue weighted by atomic mass is 9.95. The van der Waals surface area contributed by atoms with Gasteiger partial charge < -0.3 is 0 Å². The van der Waals surface area contributed by atoms with Crippen LogP contribution in [0.5, 0.6) is 0 Å². The number of benzene rings is 4. The first-order valence-electron chi connectivity index (χ1n) is 16.3. The quantitative estimate of drug-likeness (QED) is 0.176. The van der Waals surface area contributed by atoms with Gasteiger partial charge in [-0.1, -0.05) is 109 Å². The van der Waals surface area contributed by atoms with Gasteiger partial charge >= 0.3 is 0 Å². The molecule has 0 N–H and O–H groups in total. The summed E-state index contributed by atoms with van der Waals surface area (Å²) in [7, 11) is 0. The number of rotatable bonds is 7. The Balaban J connectivity index is 1.33. The zero-order valence-corrected chi connectivity index (χ0v) is 26.7. The average Bonchev–Trinajstić information content (AvgIpc) is 3.49. The summed E-state index contributed by atoms with van der Waals surface area (Å²) in [4.78, 5) is 24.5. The van der Waals surface area contributed by atoms with Crippen LogP contribution in [0.4, 0.5) is 0 Å². The van der Waals surface area contributed by atoms with Gasteiger partial charge in [0, 0.05) is 40.2 Å². The second-order valence-electron chi connectivity index (χ2n) is 11.8. The van der Waals surface area contributed by atoms with E-state index < -0.39 is 0 Å². The predicted octanol–water partition coefficient (Wildman–Crippen LogP) is 10.6. The smallest absolute Gasteiger partial charge is 0.164 e. The van der Waals surface area contributed by atoms with Crippen LogP contribution in [0.2, 0.25) is 0 Å². The van der Waals surface area contributed by atoms with Crippen LogP contribution in [0.1, 0.15) is 12.0 Å². The number of aromatic nitrogens is 5. The fourth-order valence-electron chi connectivity index (χ4n) is 5.96. The zero-order chi connectivity index (χ0) is 32.8. The minimum Gasteiger partial charge on any atom is -0.256 e. The number of nitrogens with zero attached hydrogens (tertiary/aromatic N) is 5. The number of allylic oxidation sites excluding steroid dienone is 6. The first kappa shape index (κ1) is 29.8. The third-order valence-electron chi connectivity index (χ3n) is 8.41. The maximum atomic E-state index is 5.15. The van der Waals surface area contributed by atoms with Crippen molar-refractivity contribution in [3.05, 3.63) is 182 Å². The van der Waals surface area contributed by atoms with E-state index in [4.69, 9.17) is 15.0 Å². The fraction of sp³-hybridized carbons (Fsp3) is 0.0227. The van der Waals surface area contributed by atoms with E-state index in [0.717, 1.165) is 67.9 Å². The van der Waals surface area contributed by atoms with E-state index in [1.165, 1.54) is 0 Å². The normalized spacial score (nSPS) is 12.4. The van der Waals surface area contributed by atoms with Crippen LogP contribution in [-0.4, -0.2) is 24.9 Å². The molecule has 232 valence electrons. The van der Waals surface area contributed by atoms with Crippen molar-refractivity contribution in [1.82, 2.24) is 24.9 Å². The Morgan fingerprint density at radius 2 is 0.898 bits per heavy atom. The van der Waals surface area contributed by atoms with Gasteiger partial charge in [-0.05, 0) is 83.3 Å². The molecule has 1 aliphatic rings. The summed E-state index contributed by atoms with van der Waals surface area (Å²) in [5.74, 6) is 1.77. The molecular formula is C44H31N5. The molecule has 1 aliphatic carbocycles. The first-order chi connectivity index (χ1) is 24.3. The highest BCUT2D eigenvalue weighted by Gasteiger charge is 2.16. The molecule has 0 amide bonds. The molecule has 4 aromatic carbocycles. The Morgan fingerprint density at radius 3 is 1.51 bits per heavy atom. The van der Waals surface area contributed by atoms with Crippen molar-refractivity contribution in [2.45, 2.75) is 6.42 Å². The van der Waals surface area contributed by atoms with Crippen LogP contribution < -0.4 is 0 Å². The van der Waals surface area contributed by atoms with Gasteiger partial charge in [-0.25, -0.2) is 15.0 Å². The minimum atomic E-state index is 0.587. The lowest BCUT2D eigenvalue weighted by Crippen LogP contribution is -2.01. The molecule has 0 unspecified atom stereocenters. The molecule has 8 rings (SSSR count). The summed E-state index contributed by atoms with van der Waals surface area (Å²) in [5, 5.41) is 0. The summed E-state index contributed by atoms with van der Waals surface area (Å²) in [6.45, 7) is 0. The molecule has 0 bridgehead atoms. The van der Waals surface area contributed by atoms with Crippen molar-refractivity contribution in [3.8, 4) is 67.8 Å².